The average Bonchev–Trinajstić information content (AvgIpc) is 2.47. The van der Waals surface area contributed by atoms with Crippen LogP contribution < -0.4 is 5.63 Å². The van der Waals surface area contributed by atoms with Crippen LogP contribution >= 0.6 is 0 Å². The van der Waals surface area contributed by atoms with E-state index in [9.17, 15) is 4.79 Å². The van der Waals surface area contributed by atoms with E-state index >= 15 is 0 Å². The van der Waals surface area contributed by atoms with Crippen LogP contribution in [0.4, 0.5) is 0 Å². The molecule has 0 unspecified atom stereocenters. The van der Waals surface area contributed by atoms with E-state index in [1.165, 1.54) is 6.07 Å². The summed E-state index contributed by atoms with van der Waals surface area (Å²) < 4.78 is 21.5. The second-order valence-electron chi connectivity index (χ2n) is 4.48. The predicted octanol–water partition coefficient (Wildman–Crippen LogP) is 2.71. The Bertz CT molecular complexity index is 613. The van der Waals surface area contributed by atoms with Crippen molar-refractivity contribution in [2.45, 2.75) is 26.7 Å². The van der Waals surface area contributed by atoms with Crippen LogP contribution in [0, 0.1) is 0 Å². The lowest BCUT2D eigenvalue weighted by molar-refractivity contribution is -0.169. The van der Waals surface area contributed by atoms with Gasteiger partial charge in [0.15, 0.2) is 6.29 Å². The first-order valence-corrected chi connectivity index (χ1v) is 7.06. The second-order valence-corrected chi connectivity index (χ2v) is 4.48. The van der Waals surface area contributed by atoms with Gasteiger partial charge in [-0.2, -0.15) is 0 Å². The Balaban J connectivity index is 1.95. The Morgan fingerprint density at radius 3 is 2.52 bits per heavy atom. The van der Waals surface area contributed by atoms with E-state index in [0.717, 1.165) is 10.9 Å². The maximum atomic E-state index is 11.2. The molecular formula is C16H20O5. The van der Waals surface area contributed by atoms with Gasteiger partial charge in [0.1, 0.15) is 5.58 Å². The van der Waals surface area contributed by atoms with Gasteiger partial charge in [0, 0.05) is 24.7 Å². The van der Waals surface area contributed by atoms with Crippen molar-refractivity contribution in [3.05, 3.63) is 46.3 Å². The third kappa shape index (κ3) is 4.67. The summed E-state index contributed by atoms with van der Waals surface area (Å²) in [6, 6.07) is 8.81. The zero-order chi connectivity index (χ0) is 15.1. The molecule has 0 bridgehead atoms. The number of rotatable bonds is 8. The predicted molar refractivity (Wildman–Crippen MR) is 79.2 cm³/mol. The monoisotopic (exact) mass is 292 g/mol. The molecule has 0 amide bonds. The lowest BCUT2D eigenvalue weighted by Crippen LogP contribution is -2.23. The van der Waals surface area contributed by atoms with Gasteiger partial charge < -0.3 is 18.6 Å². The van der Waals surface area contributed by atoms with Crippen LogP contribution in [0.5, 0.6) is 0 Å². The van der Waals surface area contributed by atoms with Crippen molar-refractivity contribution >= 4 is 11.0 Å². The fourth-order valence-electron chi connectivity index (χ4n) is 1.98. The van der Waals surface area contributed by atoms with Crippen molar-refractivity contribution < 1.29 is 18.6 Å². The highest BCUT2D eigenvalue weighted by Gasteiger charge is 2.08. The molecule has 0 N–H and O–H groups in total. The Morgan fingerprint density at radius 1 is 1.10 bits per heavy atom. The van der Waals surface area contributed by atoms with Gasteiger partial charge >= 0.3 is 5.63 Å². The molecule has 1 aromatic heterocycles. The van der Waals surface area contributed by atoms with Crippen LogP contribution in [0.3, 0.4) is 0 Å². The molecule has 0 fully saturated rings. The van der Waals surface area contributed by atoms with Gasteiger partial charge in [-0.3, -0.25) is 0 Å². The van der Waals surface area contributed by atoms with Gasteiger partial charge in [-0.25, -0.2) is 4.79 Å². The van der Waals surface area contributed by atoms with Crippen molar-refractivity contribution in [2.24, 2.45) is 0 Å². The van der Waals surface area contributed by atoms with Crippen molar-refractivity contribution in [1.82, 2.24) is 0 Å². The van der Waals surface area contributed by atoms with E-state index in [-0.39, 0.29) is 11.9 Å². The second kappa shape index (κ2) is 7.93. The fourth-order valence-corrected chi connectivity index (χ4v) is 1.98. The first-order valence-electron chi connectivity index (χ1n) is 7.06. The summed E-state index contributed by atoms with van der Waals surface area (Å²) in [5, 5.41) is 0.889. The van der Waals surface area contributed by atoms with Gasteiger partial charge in [0.05, 0.1) is 13.2 Å². The SMILES string of the molecule is CCOC(COCc1ccc2ccc(=O)oc2c1)OCC. The van der Waals surface area contributed by atoms with E-state index in [4.69, 9.17) is 18.6 Å². The topological polar surface area (TPSA) is 57.9 Å². The Hall–Kier alpha value is -1.69. The fraction of sp³-hybridized carbons (Fsp3) is 0.438. The summed E-state index contributed by atoms with van der Waals surface area (Å²) in [4.78, 5) is 11.2. The molecule has 21 heavy (non-hydrogen) atoms. The van der Waals surface area contributed by atoms with Crippen LogP contribution in [0.25, 0.3) is 11.0 Å². The summed E-state index contributed by atoms with van der Waals surface area (Å²) >= 11 is 0. The van der Waals surface area contributed by atoms with Crippen LogP contribution in [-0.2, 0) is 20.8 Å². The maximum absolute atomic E-state index is 11.2. The zero-order valence-corrected chi connectivity index (χ0v) is 12.3. The molecule has 0 saturated heterocycles. The van der Waals surface area contributed by atoms with Gasteiger partial charge in [0.25, 0.3) is 0 Å². The van der Waals surface area contributed by atoms with Gasteiger partial charge in [0.2, 0.25) is 0 Å². The van der Waals surface area contributed by atoms with E-state index in [1.54, 1.807) is 6.07 Å². The highest BCUT2D eigenvalue weighted by Crippen LogP contribution is 2.14. The first kappa shape index (κ1) is 15.7. The largest absolute Gasteiger partial charge is 0.423 e. The molecule has 2 aromatic rings. The Morgan fingerprint density at radius 2 is 1.81 bits per heavy atom. The average molecular weight is 292 g/mol. The zero-order valence-electron chi connectivity index (χ0n) is 12.3. The Labute approximate surface area is 123 Å². The van der Waals surface area contributed by atoms with Crippen molar-refractivity contribution in [3.8, 4) is 0 Å². The third-order valence-electron chi connectivity index (χ3n) is 2.92. The first-order chi connectivity index (χ1) is 10.2. The highest BCUT2D eigenvalue weighted by molar-refractivity contribution is 5.76. The molecule has 0 radical (unpaired) electrons. The standard InChI is InChI=1S/C16H20O5/c1-3-19-16(20-4-2)11-18-10-12-5-6-13-7-8-15(17)21-14(13)9-12/h5-9,16H,3-4,10-11H2,1-2H3. The number of ether oxygens (including phenoxy) is 3. The van der Waals surface area contributed by atoms with Crippen molar-refractivity contribution in [2.75, 3.05) is 19.8 Å². The summed E-state index contributed by atoms with van der Waals surface area (Å²) in [6.45, 7) is 5.75. The number of hydrogen-bond donors (Lipinski definition) is 0. The molecule has 1 aromatic carbocycles. The molecular weight excluding hydrogens is 272 g/mol. The van der Waals surface area contributed by atoms with E-state index < -0.39 is 0 Å². The van der Waals surface area contributed by atoms with Gasteiger partial charge in [-0.15, -0.1) is 0 Å². The number of benzene rings is 1. The molecule has 0 aliphatic carbocycles. The molecule has 5 nitrogen and oxygen atoms in total. The summed E-state index contributed by atoms with van der Waals surface area (Å²) in [7, 11) is 0. The minimum Gasteiger partial charge on any atom is -0.423 e. The summed E-state index contributed by atoms with van der Waals surface area (Å²) in [6.07, 6.45) is -0.349. The number of hydrogen-bond acceptors (Lipinski definition) is 5. The summed E-state index contributed by atoms with van der Waals surface area (Å²) in [5.41, 5.74) is 1.15. The molecule has 0 aliphatic rings. The molecule has 0 saturated carbocycles. The van der Waals surface area contributed by atoms with Crippen molar-refractivity contribution in [1.29, 1.82) is 0 Å². The summed E-state index contributed by atoms with van der Waals surface area (Å²) in [5.74, 6) is 0. The Kier molecular flexibility index (Phi) is 5.92. The smallest absolute Gasteiger partial charge is 0.336 e. The van der Waals surface area contributed by atoms with Crippen LogP contribution in [0.2, 0.25) is 0 Å². The third-order valence-corrected chi connectivity index (χ3v) is 2.92. The minimum atomic E-state index is -0.353. The molecule has 0 spiro atoms. The van der Waals surface area contributed by atoms with Crippen LogP contribution in [0.1, 0.15) is 19.4 Å². The minimum absolute atomic E-state index is 0.349. The van der Waals surface area contributed by atoms with E-state index in [0.29, 0.717) is 32.0 Å². The van der Waals surface area contributed by atoms with Crippen molar-refractivity contribution in [3.63, 3.8) is 0 Å². The van der Waals surface area contributed by atoms with E-state index in [2.05, 4.69) is 0 Å². The van der Waals surface area contributed by atoms with E-state index in [1.807, 2.05) is 32.0 Å². The van der Waals surface area contributed by atoms with Crippen LogP contribution in [0.15, 0.2) is 39.5 Å². The molecule has 2 rings (SSSR count). The lowest BCUT2D eigenvalue weighted by Gasteiger charge is -2.16. The molecule has 1 heterocycles. The molecule has 0 atom stereocenters. The lowest BCUT2D eigenvalue weighted by atomic mass is 10.1. The number of fused-ring (bicyclic) bond motifs is 1. The molecule has 0 aliphatic heterocycles. The highest BCUT2D eigenvalue weighted by atomic mass is 16.7. The van der Waals surface area contributed by atoms with Gasteiger partial charge in [-0.1, -0.05) is 12.1 Å². The quantitative estimate of drug-likeness (QED) is 0.553. The molecule has 114 valence electrons. The van der Waals surface area contributed by atoms with Gasteiger partial charge in [-0.05, 0) is 31.5 Å². The molecule has 5 heteroatoms. The maximum Gasteiger partial charge on any atom is 0.336 e. The normalized spacial score (nSPS) is 11.4. The van der Waals surface area contributed by atoms with Crippen LogP contribution in [-0.4, -0.2) is 26.1 Å².